The first-order valence-electron chi connectivity index (χ1n) is 6.29. The van der Waals surface area contributed by atoms with E-state index in [4.69, 9.17) is 0 Å². The molecule has 1 saturated carbocycles. The van der Waals surface area contributed by atoms with Gasteiger partial charge in [-0.25, -0.2) is 0 Å². The minimum absolute atomic E-state index is 0.224. The van der Waals surface area contributed by atoms with E-state index in [2.05, 4.69) is 27.4 Å². The van der Waals surface area contributed by atoms with Gasteiger partial charge in [-0.1, -0.05) is 24.6 Å². The second kappa shape index (κ2) is 3.87. The summed E-state index contributed by atoms with van der Waals surface area (Å²) >= 11 is 0. The Bertz CT molecular complexity index is 364. The number of carbonyl (C=O) groups is 1. The van der Waals surface area contributed by atoms with Crippen LogP contribution >= 0.6 is 0 Å². The number of allylic oxidation sites excluding steroid dienone is 3. The summed E-state index contributed by atoms with van der Waals surface area (Å²) in [5.74, 6) is 1.58. The number of carbonyl (C=O) groups excluding carboxylic acids is 1. The zero-order chi connectivity index (χ0) is 11.9. The van der Waals surface area contributed by atoms with Gasteiger partial charge in [-0.15, -0.1) is 0 Å². The Hall–Kier alpha value is -0.850. The van der Waals surface area contributed by atoms with Gasteiger partial charge in [0.2, 0.25) is 0 Å². The second-order valence-corrected chi connectivity index (χ2v) is 6.06. The number of rotatable bonds is 1. The average molecular weight is 218 g/mol. The van der Waals surface area contributed by atoms with Crippen molar-refractivity contribution in [3.8, 4) is 0 Å². The standard InChI is InChI=1S/C15H22O/c1-10(2)12-5-6-15(4)9-13(16)7-11(3)14(15)8-12/h7,12,14H,1,5-6,8-9H2,2-4H3/t12-,14-,15-/m1/s1. The molecule has 0 aliphatic heterocycles. The van der Waals surface area contributed by atoms with E-state index in [1.165, 1.54) is 30.4 Å². The summed E-state index contributed by atoms with van der Waals surface area (Å²) in [6, 6.07) is 0. The van der Waals surface area contributed by atoms with Crippen LogP contribution in [0.15, 0.2) is 23.8 Å². The number of hydrogen-bond acceptors (Lipinski definition) is 1. The third-order valence-corrected chi connectivity index (χ3v) is 4.64. The Labute approximate surface area is 98.6 Å². The summed E-state index contributed by atoms with van der Waals surface area (Å²) in [4.78, 5) is 11.7. The van der Waals surface area contributed by atoms with Crippen molar-refractivity contribution in [3.63, 3.8) is 0 Å². The van der Waals surface area contributed by atoms with Crippen molar-refractivity contribution in [2.24, 2.45) is 17.3 Å². The molecule has 0 aromatic heterocycles. The van der Waals surface area contributed by atoms with Gasteiger partial charge in [-0.3, -0.25) is 4.79 Å². The monoisotopic (exact) mass is 218 g/mol. The van der Waals surface area contributed by atoms with Crippen LogP contribution in [0.4, 0.5) is 0 Å². The highest BCUT2D eigenvalue weighted by molar-refractivity contribution is 5.92. The third-order valence-electron chi connectivity index (χ3n) is 4.64. The maximum absolute atomic E-state index is 11.7. The van der Waals surface area contributed by atoms with E-state index in [1.807, 2.05) is 6.08 Å². The fourth-order valence-corrected chi connectivity index (χ4v) is 3.56. The van der Waals surface area contributed by atoms with E-state index in [1.54, 1.807) is 0 Å². The summed E-state index contributed by atoms with van der Waals surface area (Å²) in [6.07, 6.45) is 6.20. The molecule has 16 heavy (non-hydrogen) atoms. The summed E-state index contributed by atoms with van der Waals surface area (Å²) in [5.41, 5.74) is 2.83. The van der Waals surface area contributed by atoms with Crippen LogP contribution < -0.4 is 0 Å². The molecule has 2 rings (SSSR count). The van der Waals surface area contributed by atoms with Gasteiger partial charge in [-0.05, 0) is 56.4 Å². The number of ketones is 1. The molecule has 0 aromatic carbocycles. The molecule has 1 heteroatoms. The Morgan fingerprint density at radius 1 is 1.56 bits per heavy atom. The van der Waals surface area contributed by atoms with Crippen molar-refractivity contribution in [2.75, 3.05) is 0 Å². The van der Waals surface area contributed by atoms with Gasteiger partial charge in [0.15, 0.2) is 5.78 Å². The SMILES string of the molecule is C=C(C)[C@@H]1CC[C@]2(C)CC(=O)C=C(C)[C@H]2C1. The highest BCUT2D eigenvalue weighted by Gasteiger charge is 2.43. The molecule has 0 spiro atoms. The quantitative estimate of drug-likeness (QED) is 0.610. The van der Waals surface area contributed by atoms with Crippen molar-refractivity contribution < 1.29 is 4.79 Å². The lowest BCUT2D eigenvalue weighted by atomic mass is 9.57. The van der Waals surface area contributed by atoms with E-state index in [-0.39, 0.29) is 5.41 Å². The normalized spacial score (nSPS) is 38.9. The summed E-state index contributed by atoms with van der Waals surface area (Å²) < 4.78 is 0. The first-order chi connectivity index (χ1) is 7.42. The van der Waals surface area contributed by atoms with Gasteiger partial charge >= 0.3 is 0 Å². The molecule has 3 atom stereocenters. The first kappa shape index (κ1) is 11.6. The Kier molecular flexibility index (Phi) is 2.81. The van der Waals surface area contributed by atoms with Crippen LogP contribution in [0.1, 0.15) is 46.5 Å². The second-order valence-electron chi connectivity index (χ2n) is 6.06. The Balaban J connectivity index is 2.26. The minimum atomic E-state index is 0.224. The molecular weight excluding hydrogens is 196 g/mol. The van der Waals surface area contributed by atoms with Gasteiger partial charge in [-0.2, -0.15) is 0 Å². The lowest BCUT2D eigenvalue weighted by Gasteiger charge is -2.47. The van der Waals surface area contributed by atoms with E-state index in [9.17, 15) is 4.79 Å². The van der Waals surface area contributed by atoms with E-state index >= 15 is 0 Å². The highest BCUT2D eigenvalue weighted by Crippen LogP contribution is 2.52. The lowest BCUT2D eigenvalue weighted by Crippen LogP contribution is -2.39. The van der Waals surface area contributed by atoms with Crippen molar-refractivity contribution >= 4 is 5.78 Å². The molecule has 2 aliphatic carbocycles. The molecule has 0 amide bonds. The fourth-order valence-electron chi connectivity index (χ4n) is 3.56. The summed E-state index contributed by atoms with van der Waals surface area (Å²) in [5, 5.41) is 0. The molecule has 0 unspecified atom stereocenters. The van der Waals surface area contributed by atoms with Crippen LogP contribution in [-0.2, 0) is 4.79 Å². The zero-order valence-electron chi connectivity index (χ0n) is 10.7. The molecule has 1 nitrogen and oxygen atoms in total. The number of hydrogen-bond donors (Lipinski definition) is 0. The zero-order valence-corrected chi connectivity index (χ0v) is 10.7. The minimum Gasteiger partial charge on any atom is -0.295 e. The van der Waals surface area contributed by atoms with E-state index in [0.717, 1.165) is 6.42 Å². The molecule has 0 radical (unpaired) electrons. The maximum Gasteiger partial charge on any atom is 0.156 e. The van der Waals surface area contributed by atoms with Crippen LogP contribution in [0.2, 0.25) is 0 Å². The van der Waals surface area contributed by atoms with Crippen LogP contribution in [0.25, 0.3) is 0 Å². The molecule has 0 N–H and O–H groups in total. The smallest absolute Gasteiger partial charge is 0.156 e. The van der Waals surface area contributed by atoms with Crippen molar-refractivity contribution in [3.05, 3.63) is 23.8 Å². The van der Waals surface area contributed by atoms with Crippen LogP contribution in [0.5, 0.6) is 0 Å². The molecule has 0 saturated heterocycles. The van der Waals surface area contributed by atoms with Gasteiger partial charge in [0.05, 0.1) is 0 Å². The molecule has 0 aromatic rings. The highest BCUT2D eigenvalue weighted by atomic mass is 16.1. The molecular formula is C15H22O. The third kappa shape index (κ3) is 1.88. The topological polar surface area (TPSA) is 17.1 Å². The Morgan fingerprint density at radius 3 is 2.88 bits per heavy atom. The fraction of sp³-hybridized carbons (Fsp3) is 0.667. The lowest BCUT2D eigenvalue weighted by molar-refractivity contribution is -0.119. The van der Waals surface area contributed by atoms with Crippen LogP contribution in [-0.4, -0.2) is 5.78 Å². The molecule has 0 heterocycles. The van der Waals surface area contributed by atoms with Gasteiger partial charge < -0.3 is 0 Å². The van der Waals surface area contributed by atoms with Crippen LogP contribution in [0, 0.1) is 17.3 Å². The predicted octanol–water partition coefficient (Wildman–Crippen LogP) is 3.90. The largest absolute Gasteiger partial charge is 0.295 e. The van der Waals surface area contributed by atoms with Crippen molar-refractivity contribution in [2.45, 2.75) is 46.5 Å². The van der Waals surface area contributed by atoms with Gasteiger partial charge in [0.25, 0.3) is 0 Å². The molecule has 0 bridgehead atoms. The molecule has 1 fully saturated rings. The van der Waals surface area contributed by atoms with Gasteiger partial charge in [0, 0.05) is 6.42 Å². The van der Waals surface area contributed by atoms with Crippen molar-refractivity contribution in [1.82, 2.24) is 0 Å². The maximum atomic E-state index is 11.7. The molecule has 2 aliphatic rings. The Morgan fingerprint density at radius 2 is 2.25 bits per heavy atom. The summed E-state index contributed by atoms with van der Waals surface area (Å²) in [7, 11) is 0. The van der Waals surface area contributed by atoms with E-state index < -0.39 is 0 Å². The first-order valence-corrected chi connectivity index (χ1v) is 6.29. The van der Waals surface area contributed by atoms with Crippen LogP contribution in [0.3, 0.4) is 0 Å². The predicted molar refractivity (Wildman–Crippen MR) is 67.1 cm³/mol. The van der Waals surface area contributed by atoms with Gasteiger partial charge in [0.1, 0.15) is 0 Å². The molecule has 88 valence electrons. The summed E-state index contributed by atoms with van der Waals surface area (Å²) in [6.45, 7) is 10.7. The van der Waals surface area contributed by atoms with Crippen molar-refractivity contribution in [1.29, 1.82) is 0 Å². The van der Waals surface area contributed by atoms with E-state index in [0.29, 0.717) is 17.6 Å². The average Bonchev–Trinajstić information content (AvgIpc) is 2.15. The number of fused-ring (bicyclic) bond motifs is 1.